The zero-order valence-electron chi connectivity index (χ0n) is 8.17. The summed E-state index contributed by atoms with van der Waals surface area (Å²) in [4.78, 5) is 14.9. The quantitative estimate of drug-likeness (QED) is 0.867. The van der Waals surface area contributed by atoms with Crippen LogP contribution in [0.2, 0.25) is 0 Å². The molecule has 2 aromatic heterocycles. The van der Waals surface area contributed by atoms with Gasteiger partial charge >= 0.3 is 5.97 Å². The highest BCUT2D eigenvalue weighted by atomic mass is 32.1. The molecule has 0 fully saturated rings. The second-order valence-corrected chi connectivity index (χ2v) is 3.83. The number of aryl methyl sites for hydroxylation is 1. The summed E-state index contributed by atoms with van der Waals surface area (Å²) in [6.07, 6.45) is 1.56. The first-order valence-electron chi connectivity index (χ1n) is 4.55. The van der Waals surface area contributed by atoms with E-state index in [0.29, 0.717) is 6.54 Å². The third kappa shape index (κ3) is 1.78. The number of carboxylic acid groups (broad SMARTS) is 1. The Morgan fingerprint density at radius 1 is 1.67 bits per heavy atom. The molecule has 1 N–H and O–H groups in total. The largest absolute Gasteiger partial charge is 0.476 e. The van der Waals surface area contributed by atoms with Gasteiger partial charge in [0.05, 0.1) is 0 Å². The third-order valence-corrected chi connectivity index (χ3v) is 2.80. The second kappa shape index (κ2) is 3.86. The van der Waals surface area contributed by atoms with Crippen molar-refractivity contribution in [2.45, 2.75) is 13.5 Å². The van der Waals surface area contributed by atoms with Crippen LogP contribution in [-0.4, -0.2) is 20.6 Å². The molecule has 5 heteroatoms. The molecule has 2 aromatic rings. The molecular weight excluding hydrogens is 212 g/mol. The molecule has 0 radical (unpaired) electrons. The Bertz CT molecular complexity index is 474. The van der Waals surface area contributed by atoms with E-state index in [1.54, 1.807) is 17.5 Å². The maximum Gasteiger partial charge on any atom is 0.356 e. The van der Waals surface area contributed by atoms with E-state index in [2.05, 4.69) is 4.98 Å². The van der Waals surface area contributed by atoms with Crippen LogP contribution in [0, 0.1) is 0 Å². The van der Waals surface area contributed by atoms with E-state index < -0.39 is 5.97 Å². The number of nitrogens with zero attached hydrogens (tertiary/aromatic N) is 2. The number of thiophene rings is 1. The van der Waals surface area contributed by atoms with Gasteiger partial charge in [-0.15, -0.1) is 0 Å². The Labute approximate surface area is 90.8 Å². The number of aromatic nitrogens is 2. The van der Waals surface area contributed by atoms with Crippen molar-refractivity contribution in [1.82, 2.24) is 9.55 Å². The number of hydrogen-bond acceptors (Lipinski definition) is 3. The SMILES string of the molecule is CCn1cc(C(=O)O)nc1-c1ccsc1. The minimum Gasteiger partial charge on any atom is -0.476 e. The molecule has 0 saturated carbocycles. The van der Waals surface area contributed by atoms with Gasteiger partial charge in [-0.3, -0.25) is 0 Å². The van der Waals surface area contributed by atoms with Crippen LogP contribution >= 0.6 is 11.3 Å². The van der Waals surface area contributed by atoms with E-state index in [0.717, 1.165) is 11.4 Å². The molecule has 0 amide bonds. The molecule has 0 unspecified atom stereocenters. The summed E-state index contributed by atoms with van der Waals surface area (Å²) in [6.45, 7) is 2.68. The van der Waals surface area contributed by atoms with Crippen LogP contribution in [-0.2, 0) is 6.54 Å². The number of hydrogen-bond donors (Lipinski definition) is 1. The lowest BCUT2D eigenvalue weighted by molar-refractivity contribution is 0.0691. The summed E-state index contributed by atoms with van der Waals surface area (Å²) in [7, 11) is 0. The molecule has 0 atom stereocenters. The molecule has 0 aliphatic heterocycles. The van der Waals surface area contributed by atoms with E-state index in [-0.39, 0.29) is 5.69 Å². The van der Waals surface area contributed by atoms with Crippen molar-refractivity contribution in [3.05, 3.63) is 28.7 Å². The highest BCUT2D eigenvalue weighted by Crippen LogP contribution is 2.21. The summed E-state index contributed by atoms with van der Waals surface area (Å²) in [6, 6.07) is 1.94. The first kappa shape index (κ1) is 9.92. The molecule has 0 aromatic carbocycles. The molecule has 78 valence electrons. The van der Waals surface area contributed by atoms with Crippen molar-refractivity contribution in [3.63, 3.8) is 0 Å². The average molecular weight is 222 g/mol. The molecule has 0 bridgehead atoms. The van der Waals surface area contributed by atoms with Gasteiger partial charge in [0.1, 0.15) is 5.82 Å². The van der Waals surface area contributed by atoms with Gasteiger partial charge in [0.2, 0.25) is 0 Å². The molecule has 0 aliphatic rings. The fraction of sp³-hybridized carbons (Fsp3) is 0.200. The predicted molar refractivity (Wildman–Crippen MR) is 58.2 cm³/mol. The van der Waals surface area contributed by atoms with Crippen LogP contribution in [0.5, 0.6) is 0 Å². The van der Waals surface area contributed by atoms with Gasteiger partial charge in [-0.25, -0.2) is 9.78 Å². The van der Waals surface area contributed by atoms with Crippen LogP contribution in [0.4, 0.5) is 0 Å². The van der Waals surface area contributed by atoms with Crippen LogP contribution < -0.4 is 0 Å². The Kier molecular flexibility index (Phi) is 2.55. The van der Waals surface area contributed by atoms with E-state index in [9.17, 15) is 4.79 Å². The summed E-state index contributed by atoms with van der Waals surface area (Å²) in [5.41, 5.74) is 1.06. The number of imidazole rings is 1. The number of rotatable bonds is 3. The predicted octanol–water partition coefficient (Wildman–Crippen LogP) is 2.33. The maximum atomic E-state index is 10.8. The molecule has 2 heterocycles. The van der Waals surface area contributed by atoms with Crippen LogP contribution in [0.1, 0.15) is 17.4 Å². The topological polar surface area (TPSA) is 55.1 Å². The van der Waals surface area contributed by atoms with Gasteiger partial charge < -0.3 is 9.67 Å². The summed E-state index contributed by atoms with van der Waals surface area (Å²) < 4.78 is 1.84. The van der Waals surface area contributed by atoms with Gasteiger partial charge in [-0.05, 0) is 18.4 Å². The lowest BCUT2D eigenvalue weighted by atomic mass is 10.3. The van der Waals surface area contributed by atoms with E-state index >= 15 is 0 Å². The molecule has 4 nitrogen and oxygen atoms in total. The normalized spacial score (nSPS) is 10.5. The fourth-order valence-corrected chi connectivity index (χ4v) is 2.02. The van der Waals surface area contributed by atoms with Gasteiger partial charge in [-0.2, -0.15) is 11.3 Å². The lowest BCUT2D eigenvalue weighted by Crippen LogP contribution is -1.95. The molecule has 0 aliphatic carbocycles. The highest BCUT2D eigenvalue weighted by Gasteiger charge is 2.13. The van der Waals surface area contributed by atoms with Crippen molar-refractivity contribution in [3.8, 4) is 11.4 Å². The zero-order valence-corrected chi connectivity index (χ0v) is 8.99. The minimum atomic E-state index is -0.987. The van der Waals surface area contributed by atoms with Crippen molar-refractivity contribution in [1.29, 1.82) is 0 Å². The van der Waals surface area contributed by atoms with Gasteiger partial charge in [-0.1, -0.05) is 0 Å². The molecule has 2 rings (SSSR count). The van der Waals surface area contributed by atoms with Gasteiger partial charge in [0.15, 0.2) is 5.69 Å². The van der Waals surface area contributed by atoms with Gasteiger partial charge in [0.25, 0.3) is 0 Å². The van der Waals surface area contributed by atoms with Gasteiger partial charge in [0, 0.05) is 23.7 Å². The van der Waals surface area contributed by atoms with Crippen molar-refractivity contribution in [2.24, 2.45) is 0 Å². The standard InChI is InChI=1S/C10H10N2O2S/c1-2-12-5-8(10(13)14)11-9(12)7-3-4-15-6-7/h3-6H,2H2,1H3,(H,13,14). The summed E-state index contributed by atoms with van der Waals surface area (Å²) in [5, 5.41) is 12.7. The molecule has 0 spiro atoms. The Morgan fingerprint density at radius 2 is 2.47 bits per heavy atom. The summed E-state index contributed by atoms with van der Waals surface area (Å²) in [5.74, 6) is -0.269. The highest BCUT2D eigenvalue weighted by molar-refractivity contribution is 7.08. The molecular formula is C10H10N2O2S. The minimum absolute atomic E-state index is 0.0954. The van der Waals surface area contributed by atoms with E-state index in [1.807, 2.05) is 28.3 Å². The van der Waals surface area contributed by atoms with E-state index in [1.165, 1.54) is 0 Å². The van der Waals surface area contributed by atoms with Crippen LogP contribution in [0.25, 0.3) is 11.4 Å². The first-order valence-corrected chi connectivity index (χ1v) is 5.49. The Morgan fingerprint density at radius 3 is 3.00 bits per heavy atom. The second-order valence-electron chi connectivity index (χ2n) is 3.05. The zero-order chi connectivity index (χ0) is 10.8. The van der Waals surface area contributed by atoms with Crippen molar-refractivity contribution in [2.75, 3.05) is 0 Å². The van der Waals surface area contributed by atoms with Crippen LogP contribution in [0.3, 0.4) is 0 Å². The summed E-state index contributed by atoms with van der Waals surface area (Å²) >= 11 is 1.57. The Balaban J connectivity index is 2.51. The molecule has 15 heavy (non-hydrogen) atoms. The monoisotopic (exact) mass is 222 g/mol. The smallest absolute Gasteiger partial charge is 0.356 e. The van der Waals surface area contributed by atoms with Crippen LogP contribution in [0.15, 0.2) is 23.0 Å². The van der Waals surface area contributed by atoms with Crippen molar-refractivity contribution < 1.29 is 9.90 Å². The van der Waals surface area contributed by atoms with E-state index in [4.69, 9.17) is 5.11 Å². The number of carboxylic acids is 1. The Hall–Kier alpha value is -1.62. The fourth-order valence-electron chi connectivity index (χ4n) is 1.38. The lowest BCUT2D eigenvalue weighted by Gasteiger charge is -2.00. The number of aromatic carboxylic acids is 1. The van der Waals surface area contributed by atoms with Crippen molar-refractivity contribution >= 4 is 17.3 Å². The average Bonchev–Trinajstić information content (AvgIpc) is 2.86. The molecule has 0 saturated heterocycles. The third-order valence-electron chi connectivity index (χ3n) is 2.12. The first-order chi connectivity index (χ1) is 7.22. The maximum absolute atomic E-state index is 10.8. The number of carbonyl (C=O) groups is 1.